The lowest BCUT2D eigenvalue weighted by atomic mass is 10.1. The summed E-state index contributed by atoms with van der Waals surface area (Å²) in [5.41, 5.74) is 1.52. The second-order valence-electron chi connectivity index (χ2n) is 12.1. The molecular weight excluding hydrogens is 518 g/mol. The van der Waals surface area contributed by atoms with Crippen molar-refractivity contribution in [2.24, 2.45) is 0 Å². The normalized spacial score (nSPS) is 11.6. The summed E-state index contributed by atoms with van der Waals surface area (Å²) in [6.45, 7) is 12.5. The molecule has 3 amide bonds. The highest BCUT2D eigenvalue weighted by molar-refractivity contribution is 5.98. The van der Waals surface area contributed by atoms with Crippen molar-refractivity contribution in [1.29, 1.82) is 0 Å². The molecule has 41 heavy (non-hydrogen) atoms. The van der Waals surface area contributed by atoms with Crippen LogP contribution in [0.15, 0.2) is 66.7 Å². The van der Waals surface area contributed by atoms with Gasteiger partial charge in [-0.2, -0.15) is 0 Å². The van der Waals surface area contributed by atoms with Crippen molar-refractivity contribution < 1.29 is 23.9 Å². The molecule has 0 aliphatic heterocycles. The zero-order chi connectivity index (χ0) is 30.0. The number of rotatable bonds is 10. The van der Waals surface area contributed by atoms with Crippen LogP contribution in [-0.2, 0) is 22.4 Å². The number of alkyl carbamates (subject to hydrolysis) is 1. The quantitative estimate of drug-likeness (QED) is 0.296. The zero-order valence-corrected chi connectivity index (χ0v) is 25.1. The Balaban J connectivity index is 1.50. The Hall–Kier alpha value is -4.07. The van der Waals surface area contributed by atoms with Gasteiger partial charge < -0.3 is 25.0 Å². The minimum absolute atomic E-state index is 0.180. The summed E-state index contributed by atoms with van der Waals surface area (Å²) in [6.07, 6.45) is 0.647. The van der Waals surface area contributed by atoms with Crippen molar-refractivity contribution in [3.05, 3.63) is 83.4 Å². The Morgan fingerprint density at radius 3 is 2.02 bits per heavy atom. The predicted octanol–water partition coefficient (Wildman–Crippen LogP) is 6.46. The molecule has 3 aromatic carbocycles. The van der Waals surface area contributed by atoms with E-state index in [4.69, 9.17) is 9.47 Å². The number of benzene rings is 3. The molecule has 220 valence electrons. The van der Waals surface area contributed by atoms with Crippen molar-refractivity contribution in [2.75, 3.05) is 19.6 Å². The van der Waals surface area contributed by atoms with Gasteiger partial charge in [0, 0.05) is 31.7 Å². The number of carbonyl (C=O) groups is 3. The molecule has 8 heteroatoms. The van der Waals surface area contributed by atoms with Crippen LogP contribution in [-0.4, -0.2) is 53.8 Å². The van der Waals surface area contributed by atoms with E-state index in [0.717, 1.165) is 34.7 Å². The molecule has 0 fully saturated rings. The van der Waals surface area contributed by atoms with Gasteiger partial charge in [0.1, 0.15) is 11.2 Å². The Morgan fingerprint density at radius 2 is 1.37 bits per heavy atom. The molecule has 2 N–H and O–H groups in total. The van der Waals surface area contributed by atoms with Crippen molar-refractivity contribution in [3.8, 4) is 0 Å². The van der Waals surface area contributed by atoms with Crippen molar-refractivity contribution in [3.63, 3.8) is 0 Å². The Labute approximate surface area is 243 Å². The summed E-state index contributed by atoms with van der Waals surface area (Å²) in [6, 6.07) is 21.5. The average Bonchev–Trinajstić information content (AvgIpc) is 2.89. The third kappa shape index (κ3) is 11.1. The van der Waals surface area contributed by atoms with Gasteiger partial charge in [-0.05, 0) is 88.4 Å². The molecule has 0 saturated heterocycles. The minimum atomic E-state index is -0.618. The fourth-order valence-corrected chi connectivity index (χ4v) is 4.14. The van der Waals surface area contributed by atoms with Crippen LogP contribution in [0.25, 0.3) is 10.8 Å². The Kier molecular flexibility index (Phi) is 10.8. The van der Waals surface area contributed by atoms with E-state index in [1.807, 2.05) is 108 Å². The summed E-state index contributed by atoms with van der Waals surface area (Å²) >= 11 is 0. The lowest BCUT2D eigenvalue weighted by Gasteiger charge is -2.27. The van der Waals surface area contributed by atoms with Gasteiger partial charge in [0.15, 0.2) is 0 Å². The van der Waals surface area contributed by atoms with Crippen LogP contribution in [0.4, 0.5) is 9.59 Å². The molecule has 3 rings (SSSR count). The molecule has 0 aliphatic carbocycles. The fraction of sp³-hybridized carbons (Fsp3) is 0.424. The van der Waals surface area contributed by atoms with Crippen LogP contribution in [0, 0.1) is 0 Å². The summed E-state index contributed by atoms with van der Waals surface area (Å²) < 4.78 is 10.9. The molecule has 3 aromatic rings. The molecule has 0 bridgehead atoms. The highest BCUT2D eigenvalue weighted by Crippen LogP contribution is 2.16. The first kappa shape index (κ1) is 31.5. The van der Waals surface area contributed by atoms with Gasteiger partial charge in [0.25, 0.3) is 5.91 Å². The highest BCUT2D eigenvalue weighted by Gasteiger charge is 2.22. The standard InChI is InChI=1S/C33H43N3O5/c1-32(2,3)40-30(38)35-23-25-15-13-24(14-16-25)10-9-20-36(31(39)41-33(4,5)6)21-19-34-29(37)28-18-17-26-11-7-8-12-27(26)22-28/h7-8,11-18,22H,9-10,19-21,23H2,1-6H3,(H,34,37)(H,35,38). The SMILES string of the molecule is CC(C)(C)OC(=O)NCc1ccc(CCCN(CCNC(=O)c2ccc3ccccc3c2)C(=O)OC(C)(C)C)cc1. The molecule has 0 spiro atoms. The second kappa shape index (κ2) is 14.0. The van der Waals surface area contributed by atoms with Crippen LogP contribution in [0.2, 0.25) is 0 Å². The summed E-state index contributed by atoms with van der Waals surface area (Å²) in [5, 5.41) is 7.77. The number of hydrogen-bond donors (Lipinski definition) is 2. The number of amides is 3. The van der Waals surface area contributed by atoms with Crippen LogP contribution in [0.5, 0.6) is 0 Å². The first-order valence-corrected chi connectivity index (χ1v) is 14.1. The van der Waals surface area contributed by atoms with Crippen LogP contribution < -0.4 is 10.6 Å². The smallest absolute Gasteiger partial charge is 0.410 e. The van der Waals surface area contributed by atoms with E-state index in [0.29, 0.717) is 31.7 Å². The van der Waals surface area contributed by atoms with Crippen LogP contribution in [0.3, 0.4) is 0 Å². The summed E-state index contributed by atoms with van der Waals surface area (Å²) in [4.78, 5) is 39.2. The third-order valence-corrected chi connectivity index (χ3v) is 6.08. The first-order valence-electron chi connectivity index (χ1n) is 14.1. The first-order chi connectivity index (χ1) is 19.3. The van der Waals surface area contributed by atoms with E-state index in [9.17, 15) is 14.4 Å². The highest BCUT2D eigenvalue weighted by atomic mass is 16.6. The predicted molar refractivity (Wildman–Crippen MR) is 162 cm³/mol. The van der Waals surface area contributed by atoms with Gasteiger partial charge >= 0.3 is 12.2 Å². The number of carbonyl (C=O) groups excluding carboxylic acids is 3. The zero-order valence-electron chi connectivity index (χ0n) is 25.1. The largest absolute Gasteiger partial charge is 0.444 e. The van der Waals surface area contributed by atoms with E-state index in [1.165, 1.54) is 0 Å². The molecular formula is C33H43N3O5. The molecule has 0 atom stereocenters. The molecule has 0 radical (unpaired) electrons. The maximum Gasteiger partial charge on any atom is 0.410 e. The van der Waals surface area contributed by atoms with Gasteiger partial charge in [-0.25, -0.2) is 9.59 Å². The lowest BCUT2D eigenvalue weighted by molar-refractivity contribution is 0.0248. The Morgan fingerprint density at radius 1 is 0.732 bits per heavy atom. The van der Waals surface area contributed by atoms with Crippen molar-refractivity contribution in [2.45, 2.75) is 72.1 Å². The molecule has 8 nitrogen and oxygen atoms in total. The topological polar surface area (TPSA) is 97.0 Å². The number of ether oxygens (including phenoxy) is 2. The number of nitrogens with zero attached hydrogens (tertiary/aromatic N) is 1. The van der Waals surface area contributed by atoms with Crippen molar-refractivity contribution >= 4 is 28.9 Å². The Bertz CT molecular complexity index is 1320. The van der Waals surface area contributed by atoms with E-state index < -0.39 is 23.4 Å². The van der Waals surface area contributed by atoms with Gasteiger partial charge in [0.2, 0.25) is 0 Å². The van der Waals surface area contributed by atoms with Crippen LogP contribution in [0.1, 0.15) is 69.4 Å². The average molecular weight is 562 g/mol. The van der Waals surface area contributed by atoms with E-state index >= 15 is 0 Å². The van der Waals surface area contributed by atoms with Gasteiger partial charge in [-0.1, -0.05) is 54.6 Å². The molecule has 0 heterocycles. The lowest BCUT2D eigenvalue weighted by Crippen LogP contribution is -2.42. The number of aryl methyl sites for hydroxylation is 1. The molecule has 0 unspecified atom stereocenters. The van der Waals surface area contributed by atoms with Gasteiger partial charge in [0.05, 0.1) is 0 Å². The number of hydrogen-bond acceptors (Lipinski definition) is 5. The van der Waals surface area contributed by atoms with Gasteiger partial charge in [-0.15, -0.1) is 0 Å². The van der Waals surface area contributed by atoms with Crippen LogP contribution >= 0.6 is 0 Å². The van der Waals surface area contributed by atoms with Crippen molar-refractivity contribution in [1.82, 2.24) is 15.5 Å². The maximum absolute atomic E-state index is 12.9. The third-order valence-electron chi connectivity index (χ3n) is 6.08. The maximum atomic E-state index is 12.9. The van der Waals surface area contributed by atoms with E-state index in [2.05, 4.69) is 10.6 Å². The monoisotopic (exact) mass is 561 g/mol. The van der Waals surface area contributed by atoms with E-state index in [1.54, 1.807) is 4.90 Å². The summed E-state index contributed by atoms with van der Waals surface area (Å²) in [5.74, 6) is -0.180. The molecule has 0 aliphatic rings. The second-order valence-corrected chi connectivity index (χ2v) is 12.1. The fourth-order valence-electron chi connectivity index (χ4n) is 4.14. The van der Waals surface area contributed by atoms with Gasteiger partial charge in [-0.3, -0.25) is 4.79 Å². The van der Waals surface area contributed by atoms with E-state index in [-0.39, 0.29) is 5.91 Å². The number of fused-ring (bicyclic) bond motifs is 1. The number of nitrogens with one attached hydrogen (secondary N) is 2. The summed E-state index contributed by atoms with van der Waals surface area (Å²) in [7, 11) is 0. The molecule has 0 saturated carbocycles. The minimum Gasteiger partial charge on any atom is -0.444 e. The molecule has 0 aromatic heterocycles.